The van der Waals surface area contributed by atoms with Crippen LogP contribution in [0.25, 0.3) is 10.2 Å². The first kappa shape index (κ1) is 7.30. The highest BCUT2D eigenvalue weighted by Crippen LogP contribution is 2.21. The van der Waals surface area contributed by atoms with Crippen LogP contribution in [0.1, 0.15) is 0 Å². The van der Waals surface area contributed by atoms with E-state index in [4.69, 9.17) is 5.73 Å². The number of rotatable bonds is 0. The number of aromatic amines is 1. The van der Waals surface area contributed by atoms with Gasteiger partial charge in [-0.2, -0.15) is 0 Å². The summed E-state index contributed by atoms with van der Waals surface area (Å²) in [5, 5.41) is 0. The number of benzene rings is 1. The van der Waals surface area contributed by atoms with Gasteiger partial charge >= 0.3 is 4.87 Å². The average Bonchev–Trinajstić information content (AvgIpc) is 2.29. The number of fused-ring (bicyclic) bond motifs is 1. The molecule has 2 aromatic rings. The van der Waals surface area contributed by atoms with E-state index >= 15 is 0 Å². The van der Waals surface area contributed by atoms with Crippen molar-refractivity contribution < 1.29 is 4.39 Å². The van der Waals surface area contributed by atoms with E-state index in [-0.39, 0.29) is 10.6 Å². The van der Waals surface area contributed by atoms with Gasteiger partial charge in [0, 0.05) is 0 Å². The normalized spacial score (nSPS) is 10.8. The van der Waals surface area contributed by atoms with E-state index in [0.29, 0.717) is 10.2 Å². The molecule has 0 spiro atoms. The van der Waals surface area contributed by atoms with Crippen LogP contribution in [0.3, 0.4) is 0 Å². The van der Waals surface area contributed by atoms with Gasteiger partial charge in [0.2, 0.25) is 0 Å². The highest BCUT2D eigenvalue weighted by atomic mass is 32.1. The molecule has 0 atom stereocenters. The maximum atomic E-state index is 12.7. The smallest absolute Gasteiger partial charge is 0.305 e. The molecule has 0 saturated heterocycles. The Hall–Kier alpha value is -1.36. The van der Waals surface area contributed by atoms with Gasteiger partial charge in [-0.3, -0.25) is 4.79 Å². The lowest BCUT2D eigenvalue weighted by Crippen LogP contribution is -1.93. The van der Waals surface area contributed by atoms with Crippen molar-refractivity contribution in [3.05, 3.63) is 27.6 Å². The monoisotopic (exact) mass is 184 g/mol. The predicted molar refractivity (Wildman–Crippen MR) is 46.8 cm³/mol. The number of anilines is 1. The molecular formula is C7H5FN2OS. The molecule has 12 heavy (non-hydrogen) atoms. The molecule has 0 radical (unpaired) electrons. The molecule has 0 aliphatic carbocycles. The standard InChI is InChI=1S/C7H5FN2OS/c8-3-1-4(9)6-5(2-3)12-7(11)10-6/h1-2H,9H2,(H,10,11). The van der Waals surface area contributed by atoms with Gasteiger partial charge in [-0.25, -0.2) is 4.39 Å². The molecule has 0 bridgehead atoms. The first-order valence-corrected chi connectivity index (χ1v) is 4.06. The van der Waals surface area contributed by atoms with E-state index in [1.54, 1.807) is 0 Å². The fraction of sp³-hybridized carbons (Fsp3) is 0. The van der Waals surface area contributed by atoms with Gasteiger partial charge in [0.05, 0.1) is 15.9 Å². The fourth-order valence-electron chi connectivity index (χ4n) is 1.04. The molecule has 1 aromatic heterocycles. The second kappa shape index (κ2) is 2.31. The summed E-state index contributed by atoms with van der Waals surface area (Å²) in [7, 11) is 0. The minimum Gasteiger partial charge on any atom is -0.397 e. The molecule has 2 rings (SSSR count). The van der Waals surface area contributed by atoms with E-state index in [9.17, 15) is 9.18 Å². The molecule has 1 heterocycles. The Morgan fingerprint density at radius 2 is 2.25 bits per heavy atom. The first-order valence-electron chi connectivity index (χ1n) is 3.24. The zero-order valence-electron chi connectivity index (χ0n) is 5.93. The Kier molecular flexibility index (Phi) is 1.41. The summed E-state index contributed by atoms with van der Waals surface area (Å²) < 4.78 is 13.3. The lowest BCUT2D eigenvalue weighted by molar-refractivity contribution is 0.630. The van der Waals surface area contributed by atoms with E-state index in [0.717, 1.165) is 11.3 Å². The molecule has 0 amide bonds. The van der Waals surface area contributed by atoms with Crippen LogP contribution in [0.5, 0.6) is 0 Å². The van der Waals surface area contributed by atoms with Crippen molar-refractivity contribution in [2.45, 2.75) is 0 Å². The van der Waals surface area contributed by atoms with E-state index in [1.807, 2.05) is 0 Å². The first-order chi connectivity index (χ1) is 5.66. The maximum Gasteiger partial charge on any atom is 0.305 e. The third-order valence-electron chi connectivity index (χ3n) is 1.53. The van der Waals surface area contributed by atoms with Gasteiger partial charge in [-0.05, 0) is 12.1 Å². The van der Waals surface area contributed by atoms with Crippen LogP contribution in [-0.2, 0) is 0 Å². The molecule has 0 unspecified atom stereocenters. The number of aromatic nitrogens is 1. The summed E-state index contributed by atoms with van der Waals surface area (Å²) in [4.78, 5) is 13.1. The van der Waals surface area contributed by atoms with Crippen molar-refractivity contribution >= 4 is 27.2 Å². The summed E-state index contributed by atoms with van der Waals surface area (Å²) in [6.45, 7) is 0. The zero-order valence-corrected chi connectivity index (χ0v) is 6.74. The fourth-order valence-corrected chi connectivity index (χ4v) is 1.84. The number of nitrogens with two attached hydrogens (primary N) is 1. The summed E-state index contributed by atoms with van der Waals surface area (Å²) in [5.41, 5.74) is 6.25. The lowest BCUT2D eigenvalue weighted by Gasteiger charge is -1.94. The number of halogens is 1. The zero-order chi connectivity index (χ0) is 8.72. The van der Waals surface area contributed by atoms with Crippen molar-refractivity contribution in [3.8, 4) is 0 Å². The SMILES string of the molecule is Nc1cc(F)cc2sc(=O)[nH]c12. The second-order valence-electron chi connectivity index (χ2n) is 2.38. The molecular weight excluding hydrogens is 179 g/mol. The van der Waals surface area contributed by atoms with Crippen molar-refractivity contribution in [1.82, 2.24) is 4.98 Å². The van der Waals surface area contributed by atoms with Crippen molar-refractivity contribution in [2.24, 2.45) is 0 Å². The topological polar surface area (TPSA) is 58.9 Å². The van der Waals surface area contributed by atoms with Crippen LogP contribution in [0.2, 0.25) is 0 Å². The largest absolute Gasteiger partial charge is 0.397 e. The quantitative estimate of drug-likeness (QED) is 0.606. The van der Waals surface area contributed by atoms with Crippen LogP contribution in [-0.4, -0.2) is 4.98 Å². The summed E-state index contributed by atoms with van der Waals surface area (Å²) in [6, 6.07) is 2.47. The number of H-pyrrole nitrogens is 1. The number of hydrogen-bond acceptors (Lipinski definition) is 3. The molecule has 1 aromatic carbocycles. The van der Waals surface area contributed by atoms with Crippen LogP contribution in [0, 0.1) is 5.82 Å². The summed E-state index contributed by atoms with van der Waals surface area (Å²) >= 11 is 0.949. The Bertz CT molecular complexity index is 488. The third kappa shape index (κ3) is 0.984. The minimum atomic E-state index is -0.421. The van der Waals surface area contributed by atoms with Gasteiger partial charge < -0.3 is 10.7 Å². The molecule has 0 aliphatic heterocycles. The Labute approximate surface area is 70.6 Å². The number of hydrogen-bond donors (Lipinski definition) is 2. The van der Waals surface area contributed by atoms with Crippen LogP contribution < -0.4 is 10.6 Å². The second-order valence-corrected chi connectivity index (χ2v) is 3.40. The summed E-state index contributed by atoms with van der Waals surface area (Å²) in [5.74, 6) is -0.421. The van der Waals surface area contributed by atoms with E-state index in [2.05, 4.69) is 4.98 Å². The molecule has 3 N–H and O–H groups in total. The van der Waals surface area contributed by atoms with Crippen LogP contribution in [0.4, 0.5) is 10.1 Å². The van der Waals surface area contributed by atoms with Gasteiger partial charge in [0.1, 0.15) is 5.82 Å². The maximum absolute atomic E-state index is 12.7. The molecule has 0 aliphatic rings. The Morgan fingerprint density at radius 1 is 1.50 bits per heavy atom. The predicted octanol–water partition coefficient (Wildman–Crippen LogP) is 1.31. The van der Waals surface area contributed by atoms with Crippen LogP contribution >= 0.6 is 11.3 Å². The van der Waals surface area contributed by atoms with Crippen molar-refractivity contribution in [3.63, 3.8) is 0 Å². The van der Waals surface area contributed by atoms with E-state index in [1.165, 1.54) is 12.1 Å². The molecule has 62 valence electrons. The van der Waals surface area contributed by atoms with Gasteiger partial charge in [-0.1, -0.05) is 11.3 Å². The van der Waals surface area contributed by atoms with Crippen molar-refractivity contribution in [1.29, 1.82) is 0 Å². The Morgan fingerprint density at radius 3 is 3.00 bits per heavy atom. The number of nitrogens with one attached hydrogen (secondary N) is 1. The average molecular weight is 184 g/mol. The Balaban J connectivity index is 2.97. The number of thiazole rings is 1. The highest BCUT2D eigenvalue weighted by molar-refractivity contribution is 7.16. The van der Waals surface area contributed by atoms with Gasteiger partial charge in [0.25, 0.3) is 0 Å². The van der Waals surface area contributed by atoms with Gasteiger partial charge in [-0.15, -0.1) is 0 Å². The third-order valence-corrected chi connectivity index (χ3v) is 2.36. The number of nitrogen functional groups attached to an aromatic ring is 1. The molecule has 3 nitrogen and oxygen atoms in total. The van der Waals surface area contributed by atoms with Crippen LogP contribution in [0.15, 0.2) is 16.9 Å². The molecule has 5 heteroatoms. The molecule has 0 saturated carbocycles. The van der Waals surface area contributed by atoms with E-state index < -0.39 is 5.82 Å². The molecule has 0 fully saturated rings. The minimum absolute atomic E-state index is 0.220. The summed E-state index contributed by atoms with van der Waals surface area (Å²) in [6.07, 6.45) is 0. The van der Waals surface area contributed by atoms with Gasteiger partial charge in [0.15, 0.2) is 0 Å². The highest BCUT2D eigenvalue weighted by Gasteiger charge is 2.04. The lowest BCUT2D eigenvalue weighted by atomic mass is 10.3. The van der Waals surface area contributed by atoms with Crippen molar-refractivity contribution in [2.75, 3.05) is 5.73 Å².